The molecule has 2 aliphatic rings. The molecule has 1 amide bonds. The van der Waals surface area contributed by atoms with Gasteiger partial charge >= 0.3 is 0 Å². The van der Waals surface area contributed by atoms with E-state index < -0.39 is 18.0 Å². The van der Waals surface area contributed by atoms with Crippen molar-refractivity contribution in [1.82, 2.24) is 4.90 Å². The molecule has 0 saturated heterocycles. The third-order valence-electron chi connectivity index (χ3n) is 5.50. The predicted octanol–water partition coefficient (Wildman–Crippen LogP) is 2.78. The summed E-state index contributed by atoms with van der Waals surface area (Å²) in [6, 6.07) is 10.2. The topological polar surface area (TPSA) is 82.0 Å². The summed E-state index contributed by atoms with van der Waals surface area (Å²) in [4.78, 5) is 14.6. The van der Waals surface area contributed by atoms with Crippen molar-refractivity contribution in [1.29, 1.82) is 0 Å². The second kappa shape index (κ2) is 8.78. The van der Waals surface area contributed by atoms with Gasteiger partial charge in [-0.2, -0.15) is 0 Å². The number of rotatable bonds is 7. The SMILES string of the molecule is CC(O)CN(CCc1ccc2c(c1)COC2=C1C(=O)Nc2ccc(F)cc21)CC(C)O. The molecule has 2 atom stereocenters. The molecule has 2 aliphatic heterocycles. The summed E-state index contributed by atoms with van der Waals surface area (Å²) in [7, 11) is 0. The van der Waals surface area contributed by atoms with Crippen LogP contribution in [0.5, 0.6) is 0 Å². The molecule has 2 unspecified atom stereocenters. The molecule has 164 valence electrons. The Morgan fingerprint density at radius 2 is 1.84 bits per heavy atom. The van der Waals surface area contributed by atoms with Gasteiger partial charge in [-0.1, -0.05) is 18.2 Å². The van der Waals surface area contributed by atoms with Crippen molar-refractivity contribution in [3.8, 4) is 0 Å². The maximum Gasteiger partial charge on any atom is 0.260 e. The Bertz CT molecular complexity index is 1020. The summed E-state index contributed by atoms with van der Waals surface area (Å²) in [6.07, 6.45) is -0.175. The number of nitrogens with one attached hydrogen (secondary N) is 1. The van der Waals surface area contributed by atoms with Crippen molar-refractivity contribution in [3.63, 3.8) is 0 Å². The lowest BCUT2D eigenvalue weighted by Gasteiger charge is -2.25. The number of carbonyl (C=O) groups excluding carboxylic acids is 1. The zero-order valence-corrected chi connectivity index (χ0v) is 17.7. The average molecular weight is 426 g/mol. The first-order valence-electron chi connectivity index (χ1n) is 10.5. The molecule has 6 nitrogen and oxygen atoms in total. The van der Waals surface area contributed by atoms with Gasteiger partial charge in [0.15, 0.2) is 0 Å². The number of anilines is 1. The van der Waals surface area contributed by atoms with Gasteiger partial charge < -0.3 is 20.3 Å². The fourth-order valence-corrected chi connectivity index (χ4v) is 4.23. The van der Waals surface area contributed by atoms with Crippen molar-refractivity contribution in [2.75, 3.05) is 25.0 Å². The number of nitrogens with zero attached hydrogens (tertiary/aromatic N) is 1. The zero-order valence-electron chi connectivity index (χ0n) is 17.7. The molecule has 0 fully saturated rings. The molecule has 0 saturated carbocycles. The van der Waals surface area contributed by atoms with Crippen LogP contribution in [0.2, 0.25) is 0 Å². The van der Waals surface area contributed by atoms with E-state index in [9.17, 15) is 19.4 Å². The fourth-order valence-electron chi connectivity index (χ4n) is 4.23. The second-order valence-corrected chi connectivity index (χ2v) is 8.34. The first kappa shape index (κ1) is 21.5. The number of carbonyl (C=O) groups is 1. The quantitative estimate of drug-likeness (QED) is 0.593. The molecular weight excluding hydrogens is 399 g/mol. The lowest BCUT2D eigenvalue weighted by molar-refractivity contribution is -0.110. The lowest BCUT2D eigenvalue weighted by atomic mass is 9.98. The minimum atomic E-state index is -0.466. The Labute approximate surface area is 181 Å². The molecule has 2 aromatic carbocycles. The molecule has 2 aromatic rings. The Balaban J connectivity index is 1.56. The number of amides is 1. The van der Waals surface area contributed by atoms with E-state index in [1.54, 1.807) is 19.9 Å². The molecular formula is C24H27FN2O4. The van der Waals surface area contributed by atoms with Crippen molar-refractivity contribution >= 4 is 22.9 Å². The summed E-state index contributed by atoms with van der Waals surface area (Å²) >= 11 is 0. The van der Waals surface area contributed by atoms with Crippen molar-refractivity contribution in [3.05, 3.63) is 64.5 Å². The maximum absolute atomic E-state index is 13.8. The number of hydrogen-bond donors (Lipinski definition) is 3. The molecule has 31 heavy (non-hydrogen) atoms. The normalized spacial score (nSPS) is 19.1. The van der Waals surface area contributed by atoms with E-state index in [1.807, 2.05) is 17.0 Å². The number of benzene rings is 2. The number of ether oxygens (including phenoxy) is 1. The Hall–Kier alpha value is -2.74. The number of halogens is 1. The van der Waals surface area contributed by atoms with Crippen molar-refractivity contribution in [2.24, 2.45) is 0 Å². The van der Waals surface area contributed by atoms with Crippen LogP contribution in [0, 0.1) is 5.82 Å². The second-order valence-electron chi connectivity index (χ2n) is 8.34. The largest absolute Gasteiger partial charge is 0.487 e. The Morgan fingerprint density at radius 1 is 1.10 bits per heavy atom. The van der Waals surface area contributed by atoms with E-state index in [0.29, 0.717) is 48.8 Å². The van der Waals surface area contributed by atoms with Gasteiger partial charge in [0, 0.05) is 42.0 Å². The van der Waals surface area contributed by atoms with Crippen LogP contribution in [0.15, 0.2) is 36.4 Å². The highest BCUT2D eigenvalue weighted by atomic mass is 19.1. The van der Waals surface area contributed by atoms with Crippen LogP contribution >= 0.6 is 0 Å². The molecule has 2 heterocycles. The highest BCUT2D eigenvalue weighted by Gasteiger charge is 2.32. The summed E-state index contributed by atoms with van der Waals surface area (Å²) in [5.74, 6) is -0.214. The highest BCUT2D eigenvalue weighted by molar-refractivity contribution is 6.36. The standard InChI is InChI=1S/C24H27FN2O4/c1-14(28)11-27(12-15(2)29)8-7-16-3-5-19-17(9-16)13-31-23(19)22-20-10-18(25)4-6-21(20)26-24(22)30/h3-6,9-10,14-15,28-29H,7-8,11-13H2,1-2H3,(H,26,30). The number of aliphatic hydroxyl groups is 2. The number of aliphatic hydroxyl groups excluding tert-OH is 2. The van der Waals surface area contributed by atoms with Crippen LogP contribution in [0.25, 0.3) is 11.3 Å². The first-order valence-corrected chi connectivity index (χ1v) is 10.5. The van der Waals surface area contributed by atoms with Crippen molar-refractivity contribution in [2.45, 2.75) is 39.1 Å². The molecule has 4 rings (SSSR count). The van der Waals surface area contributed by atoms with E-state index >= 15 is 0 Å². The Kier molecular flexibility index (Phi) is 6.09. The van der Waals surface area contributed by atoms with E-state index in [0.717, 1.165) is 23.1 Å². The van der Waals surface area contributed by atoms with Gasteiger partial charge in [0.1, 0.15) is 18.2 Å². The zero-order chi connectivity index (χ0) is 22.1. The Morgan fingerprint density at radius 3 is 2.55 bits per heavy atom. The summed E-state index contributed by atoms with van der Waals surface area (Å²) < 4.78 is 19.6. The number of hydrogen-bond acceptors (Lipinski definition) is 5. The van der Waals surface area contributed by atoms with Gasteiger partial charge in [0.05, 0.1) is 17.8 Å². The van der Waals surface area contributed by atoms with Gasteiger partial charge in [-0.15, -0.1) is 0 Å². The van der Waals surface area contributed by atoms with Gasteiger partial charge in [-0.05, 0) is 44.0 Å². The van der Waals surface area contributed by atoms with Crippen LogP contribution in [0.1, 0.15) is 36.1 Å². The van der Waals surface area contributed by atoms with Crippen LogP contribution in [0.3, 0.4) is 0 Å². The van der Waals surface area contributed by atoms with Crippen molar-refractivity contribution < 1.29 is 24.1 Å². The molecule has 0 aromatic heterocycles. The first-order chi connectivity index (χ1) is 14.8. The minimum Gasteiger partial charge on any atom is -0.487 e. The van der Waals surface area contributed by atoms with Crippen LogP contribution in [0.4, 0.5) is 10.1 Å². The lowest BCUT2D eigenvalue weighted by Crippen LogP contribution is -2.37. The third-order valence-corrected chi connectivity index (χ3v) is 5.50. The highest BCUT2D eigenvalue weighted by Crippen LogP contribution is 2.41. The summed E-state index contributed by atoms with van der Waals surface area (Å²) in [5.41, 5.74) is 4.40. The molecule has 0 aliphatic carbocycles. The van der Waals surface area contributed by atoms with Crippen LogP contribution in [-0.4, -0.2) is 52.9 Å². The summed E-state index contributed by atoms with van der Waals surface area (Å²) in [5, 5.41) is 22.2. The van der Waals surface area contributed by atoms with Gasteiger partial charge in [-0.25, -0.2) is 4.39 Å². The van der Waals surface area contributed by atoms with Crippen LogP contribution in [-0.2, 0) is 22.6 Å². The smallest absolute Gasteiger partial charge is 0.260 e. The van der Waals surface area contributed by atoms with Gasteiger partial charge in [-0.3, -0.25) is 9.69 Å². The van der Waals surface area contributed by atoms with E-state index in [4.69, 9.17) is 4.74 Å². The fraction of sp³-hybridized carbons (Fsp3) is 0.375. The van der Waals surface area contributed by atoms with E-state index in [1.165, 1.54) is 12.1 Å². The third kappa shape index (κ3) is 4.63. The maximum atomic E-state index is 13.8. The molecule has 7 heteroatoms. The molecule has 0 radical (unpaired) electrons. The van der Waals surface area contributed by atoms with E-state index in [-0.39, 0.29) is 5.91 Å². The van der Waals surface area contributed by atoms with Gasteiger partial charge in [0.2, 0.25) is 0 Å². The van der Waals surface area contributed by atoms with E-state index in [2.05, 4.69) is 11.4 Å². The predicted molar refractivity (Wildman–Crippen MR) is 117 cm³/mol. The molecule has 0 spiro atoms. The molecule has 3 N–H and O–H groups in total. The monoisotopic (exact) mass is 426 g/mol. The average Bonchev–Trinajstić information content (AvgIpc) is 3.24. The number of fused-ring (bicyclic) bond motifs is 2. The molecule has 0 bridgehead atoms. The van der Waals surface area contributed by atoms with Gasteiger partial charge in [0.25, 0.3) is 5.91 Å². The summed E-state index contributed by atoms with van der Waals surface area (Å²) in [6.45, 7) is 5.53. The minimum absolute atomic E-state index is 0.292. The van der Waals surface area contributed by atoms with Crippen LogP contribution < -0.4 is 5.32 Å².